The first-order chi connectivity index (χ1) is 21.8. The van der Waals surface area contributed by atoms with E-state index in [9.17, 15) is 23.6 Å². The predicted octanol–water partition coefficient (Wildman–Crippen LogP) is 5.43. The molecule has 0 aliphatic carbocycles. The van der Waals surface area contributed by atoms with Crippen molar-refractivity contribution < 1.29 is 47.3 Å². The molecule has 0 spiro atoms. The minimum atomic E-state index is -1.61. The van der Waals surface area contributed by atoms with Crippen molar-refractivity contribution in [3.63, 3.8) is 0 Å². The van der Waals surface area contributed by atoms with E-state index in [-0.39, 0.29) is 18.8 Å². The first kappa shape index (κ1) is 34.3. The lowest BCUT2D eigenvalue weighted by Gasteiger charge is -2.51. The Labute approximate surface area is 270 Å². The van der Waals surface area contributed by atoms with E-state index in [0.29, 0.717) is 12.0 Å². The number of terminal acetylenes is 1. The van der Waals surface area contributed by atoms with Crippen LogP contribution in [0, 0.1) is 25.1 Å². The van der Waals surface area contributed by atoms with Gasteiger partial charge in [0.1, 0.15) is 24.1 Å². The van der Waals surface area contributed by atoms with Crippen LogP contribution in [0.3, 0.4) is 0 Å². The molecule has 5 unspecified atom stereocenters. The molecule has 0 saturated carbocycles. The van der Waals surface area contributed by atoms with E-state index in [4.69, 9.17) is 30.1 Å². The fourth-order valence-electron chi connectivity index (χ4n) is 5.56. The summed E-state index contributed by atoms with van der Waals surface area (Å²) >= 11 is 1.57. The molecule has 0 amide bonds. The van der Waals surface area contributed by atoms with Crippen molar-refractivity contribution in [1.29, 1.82) is 0 Å². The zero-order chi connectivity index (χ0) is 33.6. The van der Waals surface area contributed by atoms with Gasteiger partial charge in [-0.05, 0) is 53.4 Å². The highest BCUT2D eigenvalue weighted by Crippen LogP contribution is 2.45. The fourth-order valence-corrected chi connectivity index (χ4v) is 6.60. The highest BCUT2D eigenvalue weighted by Gasteiger charge is 2.60. The summed E-state index contributed by atoms with van der Waals surface area (Å²) in [4.78, 5) is 50.9. The number of rotatable bonds is 10. The van der Waals surface area contributed by atoms with Gasteiger partial charge in [-0.25, -0.2) is 4.39 Å². The summed E-state index contributed by atoms with van der Waals surface area (Å²) in [5.41, 5.74) is 1.67. The molecular formula is C35H35FO9S. The second kappa shape index (κ2) is 14.7. The molecule has 242 valence electrons. The normalized spacial score (nSPS) is 22.3. The topological polar surface area (TPSA) is 114 Å². The summed E-state index contributed by atoms with van der Waals surface area (Å²) in [7, 11) is 0. The standard InChI is InChI=1S/C35H35FO9S/c1-7-16-35(27-11-8-20(2)26(17-27)18-29-14-15-31(46-29)25-9-12-28(36)13-10-25)34(44-24(6)40)33(43-23(5)39)32(42-22(4)38)30(45-35)19-41-21(3)37/h1,8-15,17,30,32-34H,16,18-19H2,2-6H3. The van der Waals surface area contributed by atoms with Crippen molar-refractivity contribution in [2.24, 2.45) is 0 Å². The maximum absolute atomic E-state index is 13.5. The van der Waals surface area contributed by atoms with Gasteiger partial charge in [0.2, 0.25) is 0 Å². The van der Waals surface area contributed by atoms with Gasteiger partial charge in [-0.3, -0.25) is 19.2 Å². The van der Waals surface area contributed by atoms with Crippen molar-refractivity contribution in [2.75, 3.05) is 6.61 Å². The number of carbonyl (C=O) groups is 4. The van der Waals surface area contributed by atoms with Crippen LogP contribution in [0.15, 0.2) is 54.6 Å². The third-order valence-corrected chi connectivity index (χ3v) is 8.65. The molecule has 9 nitrogen and oxygen atoms in total. The van der Waals surface area contributed by atoms with E-state index < -0.39 is 53.9 Å². The van der Waals surface area contributed by atoms with Crippen LogP contribution in [0.25, 0.3) is 10.4 Å². The van der Waals surface area contributed by atoms with Crippen LogP contribution in [-0.4, -0.2) is 54.9 Å². The van der Waals surface area contributed by atoms with E-state index in [2.05, 4.69) is 5.92 Å². The van der Waals surface area contributed by atoms with Gasteiger partial charge in [-0.15, -0.1) is 23.7 Å². The molecule has 0 N–H and O–H groups in total. The maximum Gasteiger partial charge on any atom is 0.303 e. The van der Waals surface area contributed by atoms with E-state index in [1.807, 2.05) is 31.2 Å². The van der Waals surface area contributed by atoms with Crippen molar-refractivity contribution in [1.82, 2.24) is 0 Å². The minimum Gasteiger partial charge on any atom is -0.463 e. The summed E-state index contributed by atoms with van der Waals surface area (Å²) in [6, 6.07) is 15.8. The van der Waals surface area contributed by atoms with Crippen molar-refractivity contribution in [3.8, 4) is 22.8 Å². The van der Waals surface area contributed by atoms with Crippen molar-refractivity contribution >= 4 is 35.2 Å². The Morgan fingerprint density at radius 2 is 1.54 bits per heavy atom. The number of halogens is 1. The first-order valence-electron chi connectivity index (χ1n) is 14.5. The maximum atomic E-state index is 13.5. The van der Waals surface area contributed by atoms with Gasteiger partial charge in [-0.2, -0.15) is 0 Å². The SMILES string of the molecule is C#CCC1(c2ccc(C)c(Cc3ccc(-c4ccc(F)cc4)s3)c2)OC(COC(C)=O)C(OC(C)=O)C(OC(C)=O)C1OC(C)=O. The quantitative estimate of drug-likeness (QED) is 0.161. The number of esters is 4. The number of hydrogen-bond donors (Lipinski definition) is 0. The third-order valence-electron chi connectivity index (χ3n) is 7.52. The molecule has 11 heteroatoms. The van der Waals surface area contributed by atoms with E-state index in [0.717, 1.165) is 33.4 Å². The van der Waals surface area contributed by atoms with Crippen LogP contribution in [0.4, 0.5) is 4.39 Å². The Morgan fingerprint density at radius 1 is 0.891 bits per heavy atom. The van der Waals surface area contributed by atoms with Gasteiger partial charge in [0, 0.05) is 50.3 Å². The van der Waals surface area contributed by atoms with Gasteiger partial charge >= 0.3 is 23.9 Å². The molecule has 1 aliphatic rings. The molecule has 2 heterocycles. The lowest BCUT2D eigenvalue weighted by atomic mass is 9.76. The Balaban J connectivity index is 1.83. The zero-order valence-electron chi connectivity index (χ0n) is 26.2. The van der Waals surface area contributed by atoms with E-state index >= 15 is 0 Å². The fraction of sp³-hybridized carbons (Fsp3) is 0.371. The molecule has 1 fully saturated rings. The largest absolute Gasteiger partial charge is 0.463 e. The van der Waals surface area contributed by atoms with Gasteiger partial charge in [-0.1, -0.05) is 30.3 Å². The number of aryl methyl sites for hydroxylation is 1. The summed E-state index contributed by atoms with van der Waals surface area (Å²) < 4.78 is 42.4. The molecule has 1 saturated heterocycles. The highest BCUT2D eigenvalue weighted by molar-refractivity contribution is 7.15. The molecule has 3 aromatic rings. The molecule has 4 rings (SSSR count). The summed E-state index contributed by atoms with van der Waals surface area (Å²) in [6.45, 7) is 6.31. The van der Waals surface area contributed by atoms with E-state index in [1.165, 1.54) is 32.9 Å². The first-order valence-corrected chi connectivity index (χ1v) is 15.4. The van der Waals surface area contributed by atoms with Gasteiger partial charge in [0.05, 0.1) is 0 Å². The predicted molar refractivity (Wildman–Crippen MR) is 167 cm³/mol. The Kier molecular flexibility index (Phi) is 11.0. The number of ether oxygens (including phenoxy) is 5. The molecule has 1 aromatic heterocycles. The zero-order valence-corrected chi connectivity index (χ0v) is 27.0. The monoisotopic (exact) mass is 650 g/mol. The van der Waals surface area contributed by atoms with Gasteiger partial charge < -0.3 is 23.7 Å². The summed E-state index contributed by atoms with van der Waals surface area (Å²) in [5, 5.41) is 0. The minimum absolute atomic E-state index is 0.151. The second-order valence-corrected chi connectivity index (χ2v) is 12.2. The number of hydrogen-bond acceptors (Lipinski definition) is 10. The Hall–Kier alpha value is -4.53. The average Bonchev–Trinajstić information content (AvgIpc) is 3.44. The number of carbonyl (C=O) groups excluding carboxylic acids is 4. The van der Waals surface area contributed by atoms with Crippen LogP contribution in [-0.2, 0) is 54.9 Å². The van der Waals surface area contributed by atoms with Gasteiger partial charge in [0.25, 0.3) is 0 Å². The average molecular weight is 651 g/mol. The second-order valence-electron chi connectivity index (χ2n) is 11.0. The molecule has 0 bridgehead atoms. The van der Waals surface area contributed by atoms with Crippen LogP contribution in [0.1, 0.15) is 55.7 Å². The molecule has 0 radical (unpaired) electrons. The number of thiophene rings is 1. The highest BCUT2D eigenvalue weighted by atomic mass is 32.1. The summed E-state index contributed by atoms with van der Waals surface area (Å²) in [6.07, 6.45) is 1.08. The molecule has 2 aromatic carbocycles. The van der Waals surface area contributed by atoms with Crippen LogP contribution >= 0.6 is 11.3 Å². The number of benzene rings is 2. The van der Waals surface area contributed by atoms with Crippen molar-refractivity contribution in [2.45, 2.75) is 77.5 Å². The van der Waals surface area contributed by atoms with Crippen LogP contribution in [0.2, 0.25) is 0 Å². The Morgan fingerprint density at radius 3 is 2.15 bits per heavy atom. The molecule has 5 atom stereocenters. The Bertz CT molecular complexity index is 1640. The smallest absolute Gasteiger partial charge is 0.303 e. The molecule has 1 aliphatic heterocycles. The molecule has 46 heavy (non-hydrogen) atoms. The third kappa shape index (κ3) is 8.00. The molecular weight excluding hydrogens is 615 g/mol. The van der Waals surface area contributed by atoms with Crippen molar-refractivity contribution in [3.05, 3.63) is 82.0 Å². The van der Waals surface area contributed by atoms with Gasteiger partial charge in [0.15, 0.2) is 18.3 Å². The summed E-state index contributed by atoms with van der Waals surface area (Å²) in [5.74, 6) is -0.495. The lowest BCUT2D eigenvalue weighted by Crippen LogP contribution is -2.66. The van der Waals surface area contributed by atoms with Crippen LogP contribution in [0.5, 0.6) is 0 Å². The van der Waals surface area contributed by atoms with E-state index in [1.54, 1.807) is 29.5 Å². The van der Waals surface area contributed by atoms with Crippen LogP contribution < -0.4 is 0 Å². The lowest BCUT2D eigenvalue weighted by molar-refractivity contribution is -0.289.